The van der Waals surface area contributed by atoms with E-state index < -0.39 is 23.2 Å². The summed E-state index contributed by atoms with van der Waals surface area (Å²) in [6.45, 7) is 0.601. The summed E-state index contributed by atoms with van der Waals surface area (Å²) in [5.41, 5.74) is -0.310. The van der Waals surface area contributed by atoms with Crippen molar-refractivity contribution >= 4 is 23.5 Å². The molecule has 2 aliphatic heterocycles. The summed E-state index contributed by atoms with van der Waals surface area (Å²) in [6, 6.07) is 11.6. The SMILES string of the molecule is O=C(c1ccccc1)N1CCC2(C1)C(=NC1CCCC1)NC(=O)N2c1cc(F)cc(F)c1. The van der Waals surface area contributed by atoms with E-state index in [4.69, 9.17) is 4.99 Å². The molecule has 2 aromatic rings. The number of hydrogen-bond donors (Lipinski definition) is 1. The minimum atomic E-state index is -0.982. The van der Waals surface area contributed by atoms with Gasteiger partial charge in [-0.3, -0.25) is 20.0 Å². The Morgan fingerprint density at radius 2 is 1.75 bits per heavy atom. The maximum atomic E-state index is 14.0. The topological polar surface area (TPSA) is 65.0 Å². The van der Waals surface area contributed by atoms with Crippen LogP contribution in [-0.4, -0.2) is 47.3 Å². The predicted octanol–water partition coefficient (Wildman–Crippen LogP) is 4.12. The number of carbonyl (C=O) groups is 2. The average Bonchev–Trinajstić information content (AvgIpc) is 3.49. The molecule has 2 saturated heterocycles. The van der Waals surface area contributed by atoms with Crippen molar-refractivity contribution in [1.82, 2.24) is 10.2 Å². The maximum absolute atomic E-state index is 14.0. The predicted molar refractivity (Wildman–Crippen MR) is 117 cm³/mol. The van der Waals surface area contributed by atoms with Gasteiger partial charge in [-0.1, -0.05) is 31.0 Å². The summed E-state index contributed by atoms with van der Waals surface area (Å²) in [5, 5.41) is 2.85. The van der Waals surface area contributed by atoms with Crippen molar-refractivity contribution in [3.63, 3.8) is 0 Å². The van der Waals surface area contributed by atoms with Gasteiger partial charge in [0.2, 0.25) is 0 Å². The highest BCUT2D eigenvalue weighted by atomic mass is 19.1. The van der Waals surface area contributed by atoms with Gasteiger partial charge in [0.05, 0.1) is 18.3 Å². The van der Waals surface area contributed by atoms with Crippen molar-refractivity contribution in [3.05, 3.63) is 65.7 Å². The average molecular weight is 438 g/mol. The van der Waals surface area contributed by atoms with Crippen LogP contribution in [0.15, 0.2) is 53.5 Å². The highest BCUT2D eigenvalue weighted by Crippen LogP contribution is 2.39. The molecule has 2 heterocycles. The highest BCUT2D eigenvalue weighted by Gasteiger charge is 2.56. The third-order valence-electron chi connectivity index (χ3n) is 6.59. The maximum Gasteiger partial charge on any atom is 0.328 e. The molecule has 166 valence electrons. The van der Waals surface area contributed by atoms with Gasteiger partial charge in [-0.05, 0) is 43.5 Å². The fourth-order valence-electron chi connectivity index (χ4n) is 5.08. The van der Waals surface area contributed by atoms with Crippen molar-refractivity contribution in [2.24, 2.45) is 4.99 Å². The quantitative estimate of drug-likeness (QED) is 0.784. The van der Waals surface area contributed by atoms with Gasteiger partial charge < -0.3 is 4.90 Å². The molecule has 3 fully saturated rings. The molecule has 0 aromatic heterocycles. The molecule has 2 aromatic carbocycles. The zero-order valence-electron chi connectivity index (χ0n) is 17.6. The minimum absolute atomic E-state index is 0.102. The van der Waals surface area contributed by atoms with E-state index in [9.17, 15) is 18.4 Å². The fraction of sp³-hybridized carbons (Fsp3) is 0.375. The Hall–Kier alpha value is -3.29. The molecule has 6 nitrogen and oxygen atoms in total. The van der Waals surface area contributed by atoms with Crippen LogP contribution < -0.4 is 10.2 Å². The molecule has 3 aliphatic rings. The van der Waals surface area contributed by atoms with Crippen LogP contribution in [-0.2, 0) is 0 Å². The number of rotatable bonds is 3. The first-order valence-electron chi connectivity index (χ1n) is 11.0. The minimum Gasteiger partial charge on any atom is -0.336 e. The monoisotopic (exact) mass is 438 g/mol. The Balaban J connectivity index is 1.55. The Bertz CT molecular complexity index is 1060. The van der Waals surface area contributed by atoms with E-state index in [-0.39, 0.29) is 24.2 Å². The van der Waals surface area contributed by atoms with Gasteiger partial charge in [-0.25, -0.2) is 13.6 Å². The van der Waals surface area contributed by atoms with Gasteiger partial charge >= 0.3 is 6.03 Å². The first-order chi connectivity index (χ1) is 15.5. The van der Waals surface area contributed by atoms with E-state index in [2.05, 4.69) is 5.32 Å². The summed E-state index contributed by atoms with van der Waals surface area (Å²) in [4.78, 5) is 34.1. The smallest absolute Gasteiger partial charge is 0.328 e. The molecule has 1 aliphatic carbocycles. The Labute approximate surface area is 184 Å². The molecule has 32 heavy (non-hydrogen) atoms. The van der Waals surface area contributed by atoms with Crippen LogP contribution in [0.2, 0.25) is 0 Å². The molecule has 1 saturated carbocycles. The first-order valence-corrected chi connectivity index (χ1v) is 11.0. The zero-order valence-corrected chi connectivity index (χ0v) is 17.6. The molecule has 0 bridgehead atoms. The lowest BCUT2D eigenvalue weighted by Gasteiger charge is -2.33. The van der Waals surface area contributed by atoms with Crippen molar-refractivity contribution in [2.75, 3.05) is 18.0 Å². The Morgan fingerprint density at radius 3 is 2.44 bits per heavy atom. The van der Waals surface area contributed by atoms with Gasteiger partial charge in [-0.15, -0.1) is 0 Å². The summed E-state index contributed by atoms with van der Waals surface area (Å²) >= 11 is 0. The first kappa shape index (κ1) is 20.6. The van der Waals surface area contributed by atoms with Gasteiger partial charge in [-0.2, -0.15) is 0 Å². The van der Waals surface area contributed by atoms with E-state index in [0.29, 0.717) is 24.4 Å². The van der Waals surface area contributed by atoms with Crippen LogP contribution in [0.3, 0.4) is 0 Å². The number of aliphatic imine (C=N–C) groups is 1. The second-order valence-corrected chi connectivity index (χ2v) is 8.68. The molecule has 8 heteroatoms. The summed E-state index contributed by atoms with van der Waals surface area (Å²) in [7, 11) is 0. The Kier molecular flexibility index (Phi) is 5.15. The van der Waals surface area contributed by atoms with Crippen LogP contribution in [0.25, 0.3) is 0 Å². The fourth-order valence-corrected chi connectivity index (χ4v) is 5.08. The molecule has 1 unspecified atom stereocenters. The summed E-state index contributed by atoms with van der Waals surface area (Å²) < 4.78 is 28.1. The van der Waals surface area contributed by atoms with Crippen LogP contribution in [0.4, 0.5) is 19.3 Å². The molecule has 5 rings (SSSR count). The molecular formula is C24H24F2N4O2. The van der Waals surface area contributed by atoms with Gasteiger partial charge in [0.1, 0.15) is 23.0 Å². The number of anilines is 1. The number of benzene rings is 2. The number of likely N-dealkylation sites (tertiary alicyclic amines) is 1. The van der Waals surface area contributed by atoms with Crippen LogP contribution >= 0.6 is 0 Å². The Morgan fingerprint density at radius 1 is 1.06 bits per heavy atom. The highest BCUT2D eigenvalue weighted by molar-refractivity contribution is 6.19. The van der Waals surface area contributed by atoms with Crippen molar-refractivity contribution in [1.29, 1.82) is 0 Å². The molecule has 0 radical (unpaired) electrons. The van der Waals surface area contributed by atoms with Crippen LogP contribution in [0.5, 0.6) is 0 Å². The normalized spacial score (nSPS) is 24.7. The number of amides is 3. The molecule has 3 amide bonds. The van der Waals surface area contributed by atoms with Crippen molar-refractivity contribution < 1.29 is 18.4 Å². The van der Waals surface area contributed by atoms with Crippen LogP contribution in [0.1, 0.15) is 42.5 Å². The molecule has 1 atom stereocenters. The number of amidine groups is 1. The third kappa shape index (κ3) is 3.53. The third-order valence-corrected chi connectivity index (χ3v) is 6.59. The molecule has 1 spiro atoms. The molecule has 1 N–H and O–H groups in total. The number of nitrogens with zero attached hydrogens (tertiary/aromatic N) is 3. The van der Waals surface area contributed by atoms with Gasteiger partial charge in [0.15, 0.2) is 0 Å². The van der Waals surface area contributed by atoms with E-state index in [1.54, 1.807) is 29.2 Å². The second kappa shape index (κ2) is 8.00. The van der Waals surface area contributed by atoms with E-state index in [0.717, 1.165) is 43.9 Å². The van der Waals surface area contributed by atoms with E-state index in [1.807, 2.05) is 6.07 Å². The number of urea groups is 1. The largest absolute Gasteiger partial charge is 0.336 e. The summed E-state index contributed by atoms with van der Waals surface area (Å²) in [5.74, 6) is -1.19. The van der Waals surface area contributed by atoms with Crippen molar-refractivity contribution in [3.8, 4) is 0 Å². The lowest BCUT2D eigenvalue weighted by Crippen LogP contribution is -2.53. The van der Waals surface area contributed by atoms with Gasteiger partial charge in [0, 0.05) is 18.2 Å². The number of carbonyl (C=O) groups excluding carboxylic acids is 2. The lowest BCUT2D eigenvalue weighted by molar-refractivity contribution is 0.0788. The number of nitrogens with one attached hydrogen (secondary N) is 1. The van der Waals surface area contributed by atoms with Crippen LogP contribution in [0, 0.1) is 11.6 Å². The standard InChI is InChI=1S/C24H24F2N4O2/c25-17-12-18(26)14-20(13-17)30-23(32)28-22(27-19-8-4-5-9-19)24(30)10-11-29(15-24)21(31)16-6-2-1-3-7-16/h1-3,6-7,12-14,19H,4-5,8-11,15H2,(H,27,28,32). The number of hydrogen-bond acceptors (Lipinski definition) is 3. The van der Waals surface area contributed by atoms with E-state index >= 15 is 0 Å². The summed E-state index contributed by atoms with van der Waals surface area (Å²) in [6.07, 6.45) is 4.47. The second-order valence-electron chi connectivity index (χ2n) is 8.68. The van der Waals surface area contributed by atoms with Crippen molar-refractivity contribution in [2.45, 2.75) is 43.7 Å². The zero-order chi connectivity index (χ0) is 22.3. The van der Waals surface area contributed by atoms with E-state index in [1.165, 1.54) is 4.90 Å². The lowest BCUT2D eigenvalue weighted by atomic mass is 9.95. The number of halogens is 2. The van der Waals surface area contributed by atoms with Gasteiger partial charge in [0.25, 0.3) is 5.91 Å². The molecular weight excluding hydrogens is 414 g/mol.